The molecule has 2 aromatic rings. The van der Waals surface area contributed by atoms with Crippen molar-refractivity contribution in [2.75, 3.05) is 29.1 Å². The predicted octanol–water partition coefficient (Wildman–Crippen LogP) is 3.55. The molecule has 0 saturated carbocycles. The molecule has 0 bridgehead atoms. The van der Waals surface area contributed by atoms with E-state index in [1.807, 2.05) is 49.4 Å². The Morgan fingerprint density at radius 3 is 2.80 bits per heavy atom. The van der Waals surface area contributed by atoms with Crippen LogP contribution in [0, 0.1) is 0 Å². The van der Waals surface area contributed by atoms with Gasteiger partial charge in [0.15, 0.2) is 0 Å². The highest BCUT2D eigenvalue weighted by atomic mass is 32.2. The van der Waals surface area contributed by atoms with Crippen molar-refractivity contribution in [2.24, 2.45) is 0 Å². The number of para-hydroxylation sites is 3. The topological polar surface area (TPSA) is 58.6 Å². The minimum absolute atomic E-state index is 0.0170. The Bertz CT molecular complexity index is 779. The minimum Gasteiger partial charge on any atom is -0.492 e. The molecule has 2 amide bonds. The highest BCUT2D eigenvalue weighted by Gasteiger charge is 2.24. The van der Waals surface area contributed by atoms with E-state index in [0.29, 0.717) is 24.5 Å². The third-order valence-electron chi connectivity index (χ3n) is 3.79. The van der Waals surface area contributed by atoms with Gasteiger partial charge in [-0.1, -0.05) is 24.3 Å². The molecular formula is C19H20N2O3S. The number of fused-ring (bicyclic) bond motifs is 1. The fourth-order valence-corrected chi connectivity index (χ4v) is 3.68. The molecule has 0 aromatic heterocycles. The van der Waals surface area contributed by atoms with Crippen LogP contribution in [0.15, 0.2) is 53.4 Å². The van der Waals surface area contributed by atoms with Gasteiger partial charge in [0.1, 0.15) is 12.3 Å². The van der Waals surface area contributed by atoms with Gasteiger partial charge in [0, 0.05) is 17.1 Å². The maximum atomic E-state index is 12.5. The highest BCUT2D eigenvalue weighted by molar-refractivity contribution is 7.99. The Morgan fingerprint density at radius 2 is 1.96 bits per heavy atom. The Hall–Kier alpha value is -2.47. The monoisotopic (exact) mass is 356 g/mol. The van der Waals surface area contributed by atoms with Crippen molar-refractivity contribution in [2.45, 2.75) is 18.2 Å². The van der Waals surface area contributed by atoms with E-state index in [2.05, 4.69) is 5.32 Å². The number of benzene rings is 2. The fraction of sp³-hybridized carbons (Fsp3) is 0.263. The number of ether oxygens (including phenoxy) is 1. The van der Waals surface area contributed by atoms with Crippen LogP contribution in [0.1, 0.15) is 13.3 Å². The van der Waals surface area contributed by atoms with Crippen LogP contribution in [0.4, 0.5) is 11.4 Å². The molecule has 3 rings (SSSR count). The summed E-state index contributed by atoms with van der Waals surface area (Å²) >= 11 is 1.64. The molecule has 0 saturated heterocycles. The highest BCUT2D eigenvalue weighted by Crippen LogP contribution is 2.34. The smallest absolute Gasteiger partial charge is 0.244 e. The lowest BCUT2D eigenvalue weighted by Gasteiger charge is -2.22. The number of nitrogens with one attached hydrogen (secondary N) is 1. The number of hydrogen-bond acceptors (Lipinski definition) is 4. The molecule has 1 heterocycles. The molecule has 130 valence electrons. The van der Waals surface area contributed by atoms with E-state index in [-0.39, 0.29) is 18.4 Å². The van der Waals surface area contributed by atoms with Gasteiger partial charge in [-0.3, -0.25) is 9.59 Å². The third kappa shape index (κ3) is 4.14. The Morgan fingerprint density at radius 1 is 1.20 bits per heavy atom. The van der Waals surface area contributed by atoms with Crippen LogP contribution in [0.3, 0.4) is 0 Å². The van der Waals surface area contributed by atoms with Crippen LogP contribution in [-0.4, -0.2) is 30.7 Å². The van der Waals surface area contributed by atoms with Gasteiger partial charge in [-0.05, 0) is 31.2 Å². The molecule has 2 aromatic carbocycles. The summed E-state index contributed by atoms with van der Waals surface area (Å²) < 4.78 is 5.53. The second-order valence-corrected chi connectivity index (χ2v) is 6.66. The van der Waals surface area contributed by atoms with Gasteiger partial charge < -0.3 is 15.0 Å². The standard InChI is InChI=1S/C19H20N2O3S/c1-2-24-16-9-5-3-7-14(16)20-18(22)13-21-15-8-4-6-10-17(15)25-12-11-19(21)23/h3-10H,2,11-13H2,1H3,(H,20,22). The van der Waals surface area contributed by atoms with Crippen LogP contribution < -0.4 is 15.0 Å². The molecule has 0 aliphatic carbocycles. The molecule has 0 unspecified atom stereocenters. The number of carbonyl (C=O) groups is 2. The molecule has 0 fully saturated rings. The molecule has 1 aliphatic rings. The van der Waals surface area contributed by atoms with Crippen molar-refractivity contribution in [1.29, 1.82) is 0 Å². The lowest BCUT2D eigenvalue weighted by molar-refractivity contribution is -0.121. The van der Waals surface area contributed by atoms with Crippen molar-refractivity contribution in [3.05, 3.63) is 48.5 Å². The maximum Gasteiger partial charge on any atom is 0.244 e. The van der Waals surface area contributed by atoms with Gasteiger partial charge >= 0.3 is 0 Å². The third-order valence-corrected chi connectivity index (χ3v) is 4.86. The van der Waals surface area contributed by atoms with Crippen molar-refractivity contribution in [1.82, 2.24) is 0 Å². The molecule has 5 nitrogen and oxygen atoms in total. The summed E-state index contributed by atoms with van der Waals surface area (Å²) in [7, 11) is 0. The number of amides is 2. The van der Waals surface area contributed by atoms with E-state index < -0.39 is 0 Å². The summed E-state index contributed by atoms with van der Waals surface area (Å²) in [4.78, 5) is 27.6. The maximum absolute atomic E-state index is 12.5. The number of thioether (sulfide) groups is 1. The van der Waals surface area contributed by atoms with E-state index in [0.717, 1.165) is 16.3 Å². The lowest BCUT2D eigenvalue weighted by Crippen LogP contribution is -2.38. The van der Waals surface area contributed by atoms with Crippen molar-refractivity contribution >= 4 is 35.0 Å². The van der Waals surface area contributed by atoms with Crippen LogP contribution >= 0.6 is 11.8 Å². The zero-order valence-electron chi connectivity index (χ0n) is 14.0. The van der Waals surface area contributed by atoms with Crippen molar-refractivity contribution in [3.8, 4) is 5.75 Å². The molecule has 0 atom stereocenters. The Labute approximate surface area is 151 Å². The van der Waals surface area contributed by atoms with Gasteiger partial charge in [-0.2, -0.15) is 0 Å². The van der Waals surface area contributed by atoms with Gasteiger partial charge in [-0.25, -0.2) is 0 Å². The quantitative estimate of drug-likeness (QED) is 0.890. The van der Waals surface area contributed by atoms with Crippen LogP contribution in [0.25, 0.3) is 0 Å². The summed E-state index contributed by atoms with van der Waals surface area (Å²) in [6, 6.07) is 15.0. The van der Waals surface area contributed by atoms with Gasteiger partial charge in [0.2, 0.25) is 11.8 Å². The molecule has 0 radical (unpaired) electrons. The lowest BCUT2D eigenvalue weighted by atomic mass is 10.2. The van der Waals surface area contributed by atoms with Crippen molar-refractivity contribution < 1.29 is 14.3 Å². The average Bonchev–Trinajstić information content (AvgIpc) is 2.76. The molecule has 25 heavy (non-hydrogen) atoms. The normalized spacial score (nSPS) is 13.8. The number of nitrogens with zero attached hydrogens (tertiary/aromatic N) is 1. The summed E-state index contributed by atoms with van der Waals surface area (Å²) in [5, 5.41) is 2.85. The van der Waals surface area contributed by atoms with E-state index in [4.69, 9.17) is 4.74 Å². The first-order valence-corrected chi connectivity index (χ1v) is 9.21. The van der Waals surface area contributed by atoms with E-state index in [1.165, 1.54) is 0 Å². The number of hydrogen-bond donors (Lipinski definition) is 1. The first-order chi connectivity index (χ1) is 12.2. The summed E-state index contributed by atoms with van der Waals surface area (Å²) in [6.07, 6.45) is 0.419. The Kier molecular flexibility index (Phi) is 5.60. The first kappa shape index (κ1) is 17.4. The largest absolute Gasteiger partial charge is 0.492 e. The predicted molar refractivity (Wildman–Crippen MR) is 100 cm³/mol. The number of rotatable bonds is 5. The SMILES string of the molecule is CCOc1ccccc1NC(=O)CN1C(=O)CCSc2ccccc21. The van der Waals surface area contributed by atoms with Crippen LogP contribution in [0.2, 0.25) is 0 Å². The van der Waals surface area contributed by atoms with Crippen LogP contribution in [0.5, 0.6) is 5.75 Å². The van der Waals surface area contributed by atoms with E-state index in [1.54, 1.807) is 22.7 Å². The first-order valence-electron chi connectivity index (χ1n) is 8.23. The van der Waals surface area contributed by atoms with Gasteiger partial charge in [0.25, 0.3) is 0 Å². The number of anilines is 2. The summed E-state index contributed by atoms with van der Waals surface area (Å²) in [5.41, 5.74) is 1.41. The molecule has 1 aliphatic heterocycles. The summed E-state index contributed by atoms with van der Waals surface area (Å²) in [6.45, 7) is 2.39. The molecule has 6 heteroatoms. The second-order valence-electron chi connectivity index (χ2n) is 5.52. The second kappa shape index (κ2) is 8.07. The van der Waals surface area contributed by atoms with E-state index in [9.17, 15) is 9.59 Å². The number of carbonyl (C=O) groups excluding carboxylic acids is 2. The average molecular weight is 356 g/mol. The van der Waals surface area contributed by atoms with Gasteiger partial charge in [0.05, 0.1) is 18.0 Å². The Balaban J connectivity index is 1.77. The summed E-state index contributed by atoms with van der Waals surface area (Å²) in [5.74, 6) is 1.06. The van der Waals surface area contributed by atoms with Crippen LogP contribution in [-0.2, 0) is 9.59 Å². The fourth-order valence-electron chi connectivity index (χ4n) is 2.68. The van der Waals surface area contributed by atoms with Gasteiger partial charge in [-0.15, -0.1) is 11.8 Å². The minimum atomic E-state index is -0.248. The van der Waals surface area contributed by atoms with Crippen molar-refractivity contribution in [3.63, 3.8) is 0 Å². The van der Waals surface area contributed by atoms with E-state index >= 15 is 0 Å². The zero-order chi connectivity index (χ0) is 17.6. The molecular weight excluding hydrogens is 336 g/mol. The molecule has 0 spiro atoms. The zero-order valence-corrected chi connectivity index (χ0v) is 14.8. The molecule has 1 N–H and O–H groups in total.